The molecule has 0 aliphatic heterocycles. The second kappa shape index (κ2) is 5.09. The molecule has 0 aliphatic rings. The van der Waals surface area contributed by atoms with E-state index in [1.807, 2.05) is 23.8 Å². The van der Waals surface area contributed by atoms with Gasteiger partial charge in [-0.25, -0.2) is 13.1 Å². The quantitative estimate of drug-likeness (QED) is 0.788. The van der Waals surface area contributed by atoms with Crippen LogP contribution in [0.25, 0.3) is 0 Å². The van der Waals surface area contributed by atoms with Gasteiger partial charge in [-0.05, 0) is 18.1 Å². The molecule has 0 atom stereocenters. The van der Waals surface area contributed by atoms with Gasteiger partial charge in [-0.2, -0.15) is 0 Å². The number of aryl methyl sites for hydroxylation is 1. The molecule has 1 rings (SSSR count). The number of hydrogen-bond donors (Lipinski definition) is 2. The number of benzene rings is 1. The maximum absolute atomic E-state index is 11.5. The van der Waals surface area contributed by atoms with E-state index in [0.29, 0.717) is 5.56 Å². The Kier molecular flexibility index (Phi) is 4.03. The zero-order valence-electron chi connectivity index (χ0n) is 8.80. The largest absolute Gasteiger partial charge is 0.480 e. The van der Waals surface area contributed by atoms with Gasteiger partial charge in [-0.15, -0.1) is 0 Å². The SMILES string of the molecule is Cc1ccccc1CS(=O)(=O)NCC(=O)O. The highest BCUT2D eigenvalue weighted by Gasteiger charge is 2.13. The Bertz CT molecular complexity index is 481. The minimum absolute atomic E-state index is 0.201. The second-order valence-corrected chi connectivity index (χ2v) is 5.21. The minimum atomic E-state index is -3.58. The summed E-state index contributed by atoms with van der Waals surface area (Å²) in [6.45, 7) is 1.22. The Morgan fingerprint density at radius 2 is 2.00 bits per heavy atom. The Hall–Kier alpha value is -1.40. The van der Waals surface area contributed by atoms with Gasteiger partial charge in [0.05, 0.1) is 5.75 Å². The van der Waals surface area contributed by atoms with Gasteiger partial charge in [-0.3, -0.25) is 4.79 Å². The first-order chi connectivity index (χ1) is 7.41. The molecule has 2 N–H and O–H groups in total. The Balaban J connectivity index is 2.73. The smallest absolute Gasteiger partial charge is 0.318 e. The maximum atomic E-state index is 11.5. The maximum Gasteiger partial charge on any atom is 0.318 e. The van der Waals surface area contributed by atoms with Gasteiger partial charge >= 0.3 is 5.97 Å². The molecule has 5 nitrogen and oxygen atoms in total. The lowest BCUT2D eigenvalue weighted by atomic mass is 10.1. The number of nitrogens with one attached hydrogen (secondary N) is 1. The summed E-state index contributed by atoms with van der Waals surface area (Å²) in [5.41, 5.74) is 1.53. The number of sulfonamides is 1. The zero-order chi connectivity index (χ0) is 12.2. The highest BCUT2D eigenvalue weighted by atomic mass is 32.2. The van der Waals surface area contributed by atoms with Gasteiger partial charge < -0.3 is 5.11 Å². The average Bonchev–Trinajstić information content (AvgIpc) is 2.19. The number of carbonyl (C=O) groups is 1. The lowest BCUT2D eigenvalue weighted by Crippen LogP contribution is -2.30. The third kappa shape index (κ3) is 4.00. The van der Waals surface area contributed by atoms with Crippen LogP contribution in [0.3, 0.4) is 0 Å². The number of aliphatic carboxylic acids is 1. The molecule has 88 valence electrons. The summed E-state index contributed by atoms with van der Waals surface area (Å²) < 4.78 is 25.0. The van der Waals surface area contributed by atoms with Crippen LogP contribution in [0.4, 0.5) is 0 Å². The van der Waals surface area contributed by atoms with Crippen molar-refractivity contribution in [3.8, 4) is 0 Å². The van der Waals surface area contributed by atoms with Crippen molar-refractivity contribution in [1.29, 1.82) is 0 Å². The third-order valence-corrected chi connectivity index (χ3v) is 3.33. The van der Waals surface area contributed by atoms with Gasteiger partial charge in [-0.1, -0.05) is 24.3 Å². The van der Waals surface area contributed by atoms with E-state index in [-0.39, 0.29) is 5.75 Å². The Labute approximate surface area is 94.2 Å². The predicted molar refractivity (Wildman–Crippen MR) is 59.4 cm³/mol. The molecule has 0 saturated carbocycles. The van der Waals surface area contributed by atoms with E-state index in [1.165, 1.54) is 0 Å². The van der Waals surface area contributed by atoms with Gasteiger partial charge in [0, 0.05) is 0 Å². The second-order valence-electron chi connectivity index (χ2n) is 3.40. The van der Waals surface area contributed by atoms with Gasteiger partial charge in [0.2, 0.25) is 10.0 Å². The molecule has 6 heteroatoms. The van der Waals surface area contributed by atoms with E-state index in [0.717, 1.165) is 5.56 Å². The molecule has 0 amide bonds. The van der Waals surface area contributed by atoms with E-state index in [2.05, 4.69) is 0 Å². The molecule has 1 aromatic rings. The summed E-state index contributed by atoms with van der Waals surface area (Å²) in [6, 6.07) is 7.07. The fourth-order valence-electron chi connectivity index (χ4n) is 1.20. The predicted octanol–water partition coefficient (Wildman–Crippen LogP) is 0.499. The fourth-order valence-corrected chi connectivity index (χ4v) is 2.38. The topological polar surface area (TPSA) is 83.5 Å². The molecule has 0 aromatic heterocycles. The van der Waals surface area contributed by atoms with Crippen molar-refractivity contribution in [1.82, 2.24) is 4.72 Å². The van der Waals surface area contributed by atoms with E-state index < -0.39 is 22.5 Å². The Morgan fingerprint density at radius 3 is 2.56 bits per heavy atom. The summed E-state index contributed by atoms with van der Waals surface area (Å²) in [6.07, 6.45) is 0. The van der Waals surface area contributed by atoms with Crippen LogP contribution in [-0.4, -0.2) is 26.0 Å². The number of carboxylic acid groups (broad SMARTS) is 1. The average molecular weight is 243 g/mol. The van der Waals surface area contributed by atoms with E-state index in [1.54, 1.807) is 12.1 Å². The normalized spacial score (nSPS) is 11.3. The van der Waals surface area contributed by atoms with Crippen molar-refractivity contribution in [2.75, 3.05) is 6.54 Å². The zero-order valence-corrected chi connectivity index (χ0v) is 9.62. The lowest BCUT2D eigenvalue weighted by Gasteiger charge is -2.06. The highest BCUT2D eigenvalue weighted by molar-refractivity contribution is 7.88. The van der Waals surface area contributed by atoms with Crippen molar-refractivity contribution in [3.05, 3.63) is 35.4 Å². The van der Waals surface area contributed by atoms with E-state index >= 15 is 0 Å². The molecule has 0 bridgehead atoms. The molecule has 0 spiro atoms. The highest BCUT2D eigenvalue weighted by Crippen LogP contribution is 2.10. The van der Waals surface area contributed by atoms with E-state index in [9.17, 15) is 13.2 Å². The monoisotopic (exact) mass is 243 g/mol. The molecule has 0 saturated heterocycles. The summed E-state index contributed by atoms with van der Waals surface area (Å²) in [5, 5.41) is 8.37. The van der Waals surface area contributed by atoms with Crippen molar-refractivity contribution in [3.63, 3.8) is 0 Å². The van der Waals surface area contributed by atoms with Crippen LogP contribution in [0.5, 0.6) is 0 Å². The minimum Gasteiger partial charge on any atom is -0.480 e. The molecule has 0 unspecified atom stereocenters. The van der Waals surface area contributed by atoms with Crippen LogP contribution in [-0.2, 0) is 20.6 Å². The van der Waals surface area contributed by atoms with Gasteiger partial charge in [0.1, 0.15) is 6.54 Å². The van der Waals surface area contributed by atoms with Crippen LogP contribution in [0.15, 0.2) is 24.3 Å². The summed E-state index contributed by atoms with van der Waals surface area (Å²) >= 11 is 0. The molecule has 0 radical (unpaired) electrons. The Morgan fingerprint density at radius 1 is 1.38 bits per heavy atom. The summed E-state index contributed by atoms with van der Waals surface area (Å²) in [4.78, 5) is 10.2. The molecule has 1 aromatic carbocycles. The first kappa shape index (κ1) is 12.7. The first-order valence-corrected chi connectivity index (χ1v) is 6.29. The summed E-state index contributed by atoms with van der Waals surface area (Å²) in [7, 11) is -3.58. The van der Waals surface area contributed by atoms with Crippen LogP contribution < -0.4 is 4.72 Å². The number of hydrogen-bond acceptors (Lipinski definition) is 3. The van der Waals surface area contributed by atoms with Crippen molar-refractivity contribution in [2.24, 2.45) is 0 Å². The first-order valence-electron chi connectivity index (χ1n) is 4.64. The fraction of sp³-hybridized carbons (Fsp3) is 0.300. The third-order valence-electron chi connectivity index (χ3n) is 2.05. The van der Waals surface area contributed by atoms with Crippen LogP contribution in [0.2, 0.25) is 0 Å². The van der Waals surface area contributed by atoms with Gasteiger partial charge in [0.25, 0.3) is 0 Å². The molecular weight excluding hydrogens is 230 g/mol. The lowest BCUT2D eigenvalue weighted by molar-refractivity contribution is -0.135. The number of rotatable bonds is 5. The molecule has 16 heavy (non-hydrogen) atoms. The number of carboxylic acids is 1. The van der Waals surface area contributed by atoms with Crippen LogP contribution >= 0.6 is 0 Å². The molecular formula is C10H13NO4S. The van der Waals surface area contributed by atoms with Crippen molar-refractivity contribution in [2.45, 2.75) is 12.7 Å². The van der Waals surface area contributed by atoms with Crippen LogP contribution in [0.1, 0.15) is 11.1 Å². The van der Waals surface area contributed by atoms with Crippen molar-refractivity contribution < 1.29 is 18.3 Å². The molecule has 0 aliphatic carbocycles. The standard InChI is InChI=1S/C10H13NO4S/c1-8-4-2-3-5-9(8)7-16(14,15)11-6-10(12)13/h2-5,11H,6-7H2,1H3,(H,12,13). The van der Waals surface area contributed by atoms with E-state index in [4.69, 9.17) is 5.11 Å². The summed E-state index contributed by atoms with van der Waals surface area (Å²) in [5.74, 6) is -1.40. The molecule has 0 heterocycles. The van der Waals surface area contributed by atoms with Crippen molar-refractivity contribution >= 4 is 16.0 Å². The van der Waals surface area contributed by atoms with Gasteiger partial charge in [0.15, 0.2) is 0 Å². The molecule has 0 fully saturated rings. The van der Waals surface area contributed by atoms with Crippen LogP contribution in [0, 0.1) is 6.92 Å².